The number of benzene rings is 1. The molecule has 2 rings (SSSR count). The minimum atomic E-state index is 0.0753. The van der Waals surface area contributed by atoms with E-state index in [9.17, 15) is 0 Å². The number of halogens is 1. The van der Waals surface area contributed by atoms with E-state index >= 15 is 0 Å². The van der Waals surface area contributed by atoms with Crippen LogP contribution in [0.5, 0.6) is 5.75 Å². The van der Waals surface area contributed by atoms with Crippen LogP contribution in [0.1, 0.15) is 12.5 Å². The molecule has 1 aliphatic heterocycles. The quantitative estimate of drug-likeness (QED) is 0.875. The molecule has 1 N–H and O–H groups in total. The zero-order valence-corrected chi connectivity index (χ0v) is 11.0. The molecule has 0 atom stereocenters. The average molecular weight is 256 g/mol. The van der Waals surface area contributed by atoms with E-state index in [4.69, 9.17) is 21.1 Å². The Hall–Kier alpha value is -0.770. The van der Waals surface area contributed by atoms with Crippen LogP contribution in [0.3, 0.4) is 0 Å². The summed E-state index contributed by atoms with van der Waals surface area (Å²) >= 11 is 6.16. The van der Waals surface area contributed by atoms with E-state index in [1.165, 1.54) is 5.56 Å². The Kier molecular flexibility index (Phi) is 3.92. The monoisotopic (exact) mass is 255 g/mol. The van der Waals surface area contributed by atoms with Crippen LogP contribution < -0.4 is 10.1 Å². The third-order valence-corrected chi connectivity index (χ3v) is 3.53. The van der Waals surface area contributed by atoms with Crippen LogP contribution in [0, 0.1) is 0 Å². The van der Waals surface area contributed by atoms with E-state index in [2.05, 4.69) is 18.3 Å². The van der Waals surface area contributed by atoms with Gasteiger partial charge >= 0.3 is 0 Å². The third kappa shape index (κ3) is 2.41. The predicted octanol–water partition coefficient (Wildman–Crippen LogP) is 2.23. The van der Waals surface area contributed by atoms with E-state index in [0.717, 1.165) is 26.3 Å². The lowest BCUT2D eigenvalue weighted by Gasteiger charge is -2.42. The predicted molar refractivity (Wildman–Crippen MR) is 69.0 cm³/mol. The lowest BCUT2D eigenvalue weighted by molar-refractivity contribution is -0.0588. The molecule has 0 saturated carbocycles. The van der Waals surface area contributed by atoms with Crippen molar-refractivity contribution in [3.8, 4) is 5.75 Å². The Bertz CT molecular complexity index is 391. The van der Waals surface area contributed by atoms with E-state index in [1.807, 2.05) is 12.1 Å². The van der Waals surface area contributed by atoms with Gasteiger partial charge in [0.15, 0.2) is 0 Å². The van der Waals surface area contributed by atoms with Crippen LogP contribution in [0.2, 0.25) is 5.02 Å². The highest BCUT2D eigenvalue weighted by molar-refractivity contribution is 6.32. The Morgan fingerprint density at radius 2 is 2.24 bits per heavy atom. The van der Waals surface area contributed by atoms with Crippen LogP contribution in [0.25, 0.3) is 0 Å². The number of likely N-dealkylation sites (N-methyl/N-ethyl adjacent to an activating group) is 1. The number of methoxy groups -OCH3 is 1. The number of hydrogen-bond acceptors (Lipinski definition) is 3. The molecule has 4 heteroatoms. The molecule has 1 fully saturated rings. The average Bonchev–Trinajstić information content (AvgIpc) is 2.28. The molecule has 0 aliphatic carbocycles. The molecule has 0 aromatic heterocycles. The summed E-state index contributed by atoms with van der Waals surface area (Å²) in [5, 5.41) is 4.04. The standard InChI is InChI=1S/C13H18ClNO2/c1-3-15-7-13(8-17-9-13)10-4-5-12(16-2)11(14)6-10/h4-6,15H,3,7-9H2,1-2H3. The van der Waals surface area contributed by atoms with Gasteiger partial charge in [-0.1, -0.05) is 24.6 Å². The normalized spacial score (nSPS) is 17.6. The molecule has 0 radical (unpaired) electrons. The van der Waals surface area contributed by atoms with Crippen LogP contribution in [-0.4, -0.2) is 33.4 Å². The zero-order valence-electron chi connectivity index (χ0n) is 10.3. The lowest BCUT2D eigenvalue weighted by Crippen LogP contribution is -2.53. The van der Waals surface area contributed by atoms with Crippen LogP contribution in [-0.2, 0) is 10.2 Å². The zero-order chi connectivity index (χ0) is 12.3. The van der Waals surface area contributed by atoms with Crippen LogP contribution in [0.15, 0.2) is 18.2 Å². The lowest BCUT2D eigenvalue weighted by atomic mass is 9.78. The maximum Gasteiger partial charge on any atom is 0.137 e. The van der Waals surface area contributed by atoms with Crippen molar-refractivity contribution >= 4 is 11.6 Å². The highest BCUT2D eigenvalue weighted by atomic mass is 35.5. The highest BCUT2D eigenvalue weighted by Gasteiger charge is 2.40. The van der Waals surface area contributed by atoms with Gasteiger partial charge in [0.05, 0.1) is 30.8 Å². The van der Waals surface area contributed by atoms with E-state index in [-0.39, 0.29) is 5.41 Å². The summed E-state index contributed by atoms with van der Waals surface area (Å²) in [7, 11) is 1.63. The minimum absolute atomic E-state index is 0.0753. The summed E-state index contributed by atoms with van der Waals surface area (Å²) in [4.78, 5) is 0. The summed E-state index contributed by atoms with van der Waals surface area (Å²) < 4.78 is 10.5. The first-order valence-corrected chi connectivity index (χ1v) is 6.22. The second-order valence-corrected chi connectivity index (χ2v) is 4.81. The van der Waals surface area contributed by atoms with Crippen LogP contribution >= 0.6 is 11.6 Å². The summed E-state index contributed by atoms with van der Waals surface area (Å²) in [6.07, 6.45) is 0. The molecule has 1 aliphatic rings. The second-order valence-electron chi connectivity index (χ2n) is 4.40. The Balaban J connectivity index is 2.22. The van der Waals surface area contributed by atoms with Crippen molar-refractivity contribution < 1.29 is 9.47 Å². The molecule has 3 nitrogen and oxygen atoms in total. The van der Waals surface area contributed by atoms with Crippen molar-refractivity contribution in [3.05, 3.63) is 28.8 Å². The van der Waals surface area contributed by atoms with E-state index in [1.54, 1.807) is 7.11 Å². The summed E-state index contributed by atoms with van der Waals surface area (Å²) in [6.45, 7) is 5.50. The van der Waals surface area contributed by atoms with Gasteiger partial charge < -0.3 is 14.8 Å². The van der Waals surface area contributed by atoms with Gasteiger partial charge in [0.1, 0.15) is 5.75 Å². The molecule has 0 spiro atoms. The maximum atomic E-state index is 6.16. The molecule has 1 aromatic carbocycles. The van der Waals surface area contributed by atoms with Crippen molar-refractivity contribution in [2.75, 3.05) is 33.4 Å². The molecule has 17 heavy (non-hydrogen) atoms. The number of nitrogens with one attached hydrogen (secondary N) is 1. The van der Waals surface area contributed by atoms with Gasteiger partial charge in [-0.15, -0.1) is 0 Å². The SMILES string of the molecule is CCNCC1(c2ccc(OC)c(Cl)c2)COC1. The highest BCUT2D eigenvalue weighted by Crippen LogP contribution is 2.36. The fraction of sp³-hybridized carbons (Fsp3) is 0.538. The maximum absolute atomic E-state index is 6.16. The summed E-state index contributed by atoms with van der Waals surface area (Å²) in [6, 6.07) is 5.98. The van der Waals surface area contributed by atoms with Gasteiger partial charge in [-0.2, -0.15) is 0 Å². The number of ether oxygens (including phenoxy) is 2. The Morgan fingerprint density at radius 1 is 1.47 bits per heavy atom. The van der Waals surface area contributed by atoms with Gasteiger partial charge in [-0.25, -0.2) is 0 Å². The minimum Gasteiger partial charge on any atom is -0.495 e. The van der Waals surface area contributed by atoms with E-state index in [0.29, 0.717) is 10.8 Å². The molecule has 1 heterocycles. The molecule has 0 unspecified atom stereocenters. The second kappa shape index (κ2) is 5.25. The molecule has 0 amide bonds. The molecule has 1 saturated heterocycles. The largest absolute Gasteiger partial charge is 0.495 e. The summed E-state index contributed by atoms with van der Waals surface area (Å²) in [5.41, 5.74) is 1.29. The smallest absolute Gasteiger partial charge is 0.137 e. The fourth-order valence-corrected chi connectivity index (χ4v) is 2.34. The molecular weight excluding hydrogens is 238 g/mol. The van der Waals surface area contributed by atoms with Gasteiger partial charge in [-0.3, -0.25) is 0 Å². The number of rotatable bonds is 5. The molecule has 1 aromatic rings. The van der Waals surface area contributed by atoms with E-state index < -0.39 is 0 Å². The fourth-order valence-electron chi connectivity index (χ4n) is 2.08. The van der Waals surface area contributed by atoms with Crippen molar-refractivity contribution in [2.24, 2.45) is 0 Å². The first-order chi connectivity index (χ1) is 8.22. The third-order valence-electron chi connectivity index (χ3n) is 3.23. The van der Waals surface area contributed by atoms with Crippen molar-refractivity contribution in [1.29, 1.82) is 0 Å². The number of hydrogen-bond donors (Lipinski definition) is 1. The Labute approximate surface area is 107 Å². The van der Waals surface area contributed by atoms with Gasteiger partial charge in [0.25, 0.3) is 0 Å². The van der Waals surface area contributed by atoms with Crippen LogP contribution in [0.4, 0.5) is 0 Å². The molecule has 0 bridgehead atoms. The first kappa shape index (κ1) is 12.7. The van der Waals surface area contributed by atoms with Crippen molar-refractivity contribution in [1.82, 2.24) is 5.32 Å². The van der Waals surface area contributed by atoms with Crippen molar-refractivity contribution in [2.45, 2.75) is 12.3 Å². The molecule has 94 valence electrons. The van der Waals surface area contributed by atoms with Gasteiger partial charge in [0.2, 0.25) is 0 Å². The molecular formula is C13H18ClNO2. The Morgan fingerprint density at radius 3 is 2.71 bits per heavy atom. The summed E-state index contributed by atoms with van der Waals surface area (Å²) in [5.74, 6) is 0.717. The van der Waals surface area contributed by atoms with Gasteiger partial charge in [-0.05, 0) is 24.2 Å². The first-order valence-electron chi connectivity index (χ1n) is 5.84. The topological polar surface area (TPSA) is 30.5 Å². The van der Waals surface area contributed by atoms with Crippen molar-refractivity contribution in [3.63, 3.8) is 0 Å². The van der Waals surface area contributed by atoms with Gasteiger partial charge in [0, 0.05) is 6.54 Å².